The van der Waals surface area contributed by atoms with Gasteiger partial charge < -0.3 is 9.88 Å². The molecule has 1 atom stereocenters. The molecule has 1 aromatic carbocycles. The van der Waals surface area contributed by atoms with Crippen LogP contribution in [0.5, 0.6) is 0 Å². The Balaban J connectivity index is 2.14. The molecule has 0 bridgehead atoms. The summed E-state index contributed by atoms with van der Waals surface area (Å²) in [7, 11) is -1.85. The van der Waals surface area contributed by atoms with Gasteiger partial charge in [0.15, 0.2) is 0 Å². The number of hydrogen-bond donors (Lipinski definition) is 3. The van der Waals surface area contributed by atoms with Gasteiger partial charge in [0, 0.05) is 25.1 Å². The van der Waals surface area contributed by atoms with E-state index in [2.05, 4.69) is 15.0 Å². The highest BCUT2D eigenvalue weighted by molar-refractivity contribution is 7.90. The minimum atomic E-state index is -3.77. The van der Waals surface area contributed by atoms with Gasteiger partial charge in [-0.1, -0.05) is 6.07 Å². The van der Waals surface area contributed by atoms with Gasteiger partial charge in [-0.05, 0) is 25.1 Å². The number of rotatable bonds is 5. The lowest BCUT2D eigenvalue weighted by molar-refractivity contribution is 0.603. The number of nitrogens with one attached hydrogen (secondary N) is 2. The Morgan fingerprint density at radius 1 is 1.35 bits per heavy atom. The van der Waals surface area contributed by atoms with Crippen molar-refractivity contribution in [1.29, 1.82) is 0 Å². The molecule has 0 radical (unpaired) electrons. The molecule has 1 aromatic heterocycles. The number of nitrogens with two attached hydrogens (primary N) is 1. The van der Waals surface area contributed by atoms with Gasteiger partial charge in [0.1, 0.15) is 5.82 Å². The summed E-state index contributed by atoms with van der Waals surface area (Å²) in [4.78, 5) is 4.26. The first-order valence-corrected chi connectivity index (χ1v) is 7.54. The topological polar surface area (TPSA) is 102 Å². The standard InChI is InChI=1S/C12H17N5O2S/c1-9(12-14-6-7-17(12)2)15-10-4-3-5-11(8-10)16-20(13,18)19/h3-9,15-16H,1-2H3,(H2,13,18,19). The van der Waals surface area contributed by atoms with Gasteiger partial charge >= 0.3 is 0 Å². The number of nitrogens with zero attached hydrogens (tertiary/aromatic N) is 2. The van der Waals surface area contributed by atoms with E-state index in [0.29, 0.717) is 5.69 Å². The van der Waals surface area contributed by atoms with E-state index >= 15 is 0 Å². The molecule has 8 heteroatoms. The van der Waals surface area contributed by atoms with Crippen LogP contribution >= 0.6 is 0 Å². The van der Waals surface area contributed by atoms with E-state index in [1.165, 1.54) is 0 Å². The number of benzene rings is 1. The second-order valence-corrected chi connectivity index (χ2v) is 5.78. The van der Waals surface area contributed by atoms with Crippen LogP contribution in [0.25, 0.3) is 0 Å². The third-order valence-electron chi connectivity index (χ3n) is 2.75. The van der Waals surface area contributed by atoms with Gasteiger partial charge in [0.2, 0.25) is 0 Å². The van der Waals surface area contributed by atoms with Crippen molar-refractivity contribution < 1.29 is 8.42 Å². The van der Waals surface area contributed by atoms with Crippen LogP contribution in [0.2, 0.25) is 0 Å². The van der Waals surface area contributed by atoms with E-state index < -0.39 is 10.2 Å². The predicted octanol–water partition coefficient (Wildman–Crippen LogP) is 1.21. The Hall–Kier alpha value is -2.06. The summed E-state index contributed by atoms with van der Waals surface area (Å²) in [6.07, 6.45) is 3.60. The molecule has 0 spiro atoms. The fourth-order valence-electron chi connectivity index (χ4n) is 1.95. The van der Waals surface area contributed by atoms with Crippen molar-refractivity contribution in [2.45, 2.75) is 13.0 Å². The van der Waals surface area contributed by atoms with E-state index in [1.807, 2.05) is 30.8 Å². The molecule has 1 unspecified atom stereocenters. The molecule has 0 amide bonds. The Kier molecular flexibility index (Phi) is 3.96. The summed E-state index contributed by atoms with van der Waals surface area (Å²) in [5.41, 5.74) is 1.18. The van der Waals surface area contributed by atoms with Crippen molar-refractivity contribution in [1.82, 2.24) is 9.55 Å². The maximum absolute atomic E-state index is 11.0. The Morgan fingerprint density at radius 3 is 2.65 bits per heavy atom. The Morgan fingerprint density at radius 2 is 2.05 bits per heavy atom. The van der Waals surface area contributed by atoms with Crippen molar-refractivity contribution in [3.8, 4) is 0 Å². The fourth-order valence-corrected chi connectivity index (χ4v) is 2.40. The van der Waals surface area contributed by atoms with E-state index in [-0.39, 0.29) is 6.04 Å². The largest absolute Gasteiger partial charge is 0.375 e. The number of anilines is 2. The molecule has 7 nitrogen and oxygen atoms in total. The maximum Gasteiger partial charge on any atom is 0.296 e. The van der Waals surface area contributed by atoms with E-state index in [9.17, 15) is 8.42 Å². The molecule has 20 heavy (non-hydrogen) atoms. The summed E-state index contributed by atoms with van der Waals surface area (Å²) in [6, 6.07) is 6.86. The molecule has 1 heterocycles. The zero-order valence-electron chi connectivity index (χ0n) is 11.2. The lowest BCUT2D eigenvalue weighted by Crippen LogP contribution is -2.21. The average Bonchev–Trinajstić information content (AvgIpc) is 2.73. The van der Waals surface area contributed by atoms with Crippen molar-refractivity contribution in [2.24, 2.45) is 12.2 Å². The first-order chi connectivity index (χ1) is 9.35. The van der Waals surface area contributed by atoms with E-state index in [4.69, 9.17) is 5.14 Å². The smallest absolute Gasteiger partial charge is 0.296 e. The van der Waals surface area contributed by atoms with Crippen LogP contribution in [0.1, 0.15) is 18.8 Å². The molecule has 2 aromatic rings. The van der Waals surface area contributed by atoms with Gasteiger partial charge in [-0.3, -0.25) is 4.72 Å². The van der Waals surface area contributed by atoms with Gasteiger partial charge in [-0.15, -0.1) is 0 Å². The normalized spacial score (nSPS) is 12.9. The Labute approximate surface area is 118 Å². The highest BCUT2D eigenvalue weighted by atomic mass is 32.2. The number of aryl methyl sites for hydroxylation is 1. The number of aromatic nitrogens is 2. The lowest BCUT2D eigenvalue weighted by Gasteiger charge is -2.16. The molecule has 2 rings (SSSR count). The van der Waals surface area contributed by atoms with Crippen LogP contribution in [-0.4, -0.2) is 18.0 Å². The summed E-state index contributed by atoms with van der Waals surface area (Å²) >= 11 is 0. The molecule has 108 valence electrons. The SMILES string of the molecule is CC(Nc1cccc(NS(N)(=O)=O)c1)c1nccn1C. The van der Waals surface area contributed by atoms with Crippen molar-refractivity contribution in [3.05, 3.63) is 42.5 Å². The van der Waals surface area contributed by atoms with Gasteiger partial charge in [0.05, 0.1) is 11.7 Å². The van der Waals surface area contributed by atoms with Crippen LogP contribution in [0.3, 0.4) is 0 Å². The molecular weight excluding hydrogens is 278 g/mol. The lowest BCUT2D eigenvalue weighted by atomic mass is 10.2. The maximum atomic E-state index is 11.0. The van der Waals surface area contributed by atoms with Gasteiger partial charge in [-0.2, -0.15) is 8.42 Å². The van der Waals surface area contributed by atoms with Crippen LogP contribution in [-0.2, 0) is 17.3 Å². The van der Waals surface area contributed by atoms with Gasteiger partial charge in [-0.25, -0.2) is 10.1 Å². The van der Waals surface area contributed by atoms with Crippen LogP contribution in [0.4, 0.5) is 11.4 Å². The fraction of sp³-hybridized carbons (Fsp3) is 0.250. The molecule has 0 saturated carbocycles. The highest BCUT2D eigenvalue weighted by Gasteiger charge is 2.10. The van der Waals surface area contributed by atoms with Crippen LogP contribution in [0, 0.1) is 0 Å². The molecule has 0 aliphatic heterocycles. The Bertz CT molecular complexity index is 695. The zero-order chi connectivity index (χ0) is 14.8. The molecular formula is C12H17N5O2S. The molecule has 0 saturated heterocycles. The highest BCUT2D eigenvalue weighted by Crippen LogP contribution is 2.20. The monoisotopic (exact) mass is 295 g/mol. The first kappa shape index (κ1) is 14.4. The second kappa shape index (κ2) is 5.51. The predicted molar refractivity (Wildman–Crippen MR) is 78.4 cm³/mol. The van der Waals surface area contributed by atoms with Crippen LogP contribution in [0.15, 0.2) is 36.7 Å². The summed E-state index contributed by atoms with van der Waals surface area (Å²) < 4.78 is 26.1. The number of imidazole rings is 1. The van der Waals surface area contributed by atoms with Crippen LogP contribution < -0.4 is 15.2 Å². The molecule has 4 N–H and O–H groups in total. The third kappa shape index (κ3) is 3.72. The van der Waals surface area contributed by atoms with E-state index in [0.717, 1.165) is 11.5 Å². The third-order valence-corrected chi connectivity index (χ3v) is 3.27. The van der Waals surface area contributed by atoms with Gasteiger partial charge in [0.25, 0.3) is 10.2 Å². The molecule has 0 aliphatic carbocycles. The summed E-state index contributed by atoms with van der Waals surface area (Å²) in [6.45, 7) is 1.97. The van der Waals surface area contributed by atoms with Crippen molar-refractivity contribution in [2.75, 3.05) is 10.0 Å². The second-order valence-electron chi connectivity index (χ2n) is 4.49. The zero-order valence-corrected chi connectivity index (χ0v) is 12.1. The molecule has 0 fully saturated rings. The minimum absolute atomic E-state index is 0.0141. The summed E-state index contributed by atoms with van der Waals surface area (Å²) in [5, 5.41) is 8.20. The molecule has 0 aliphatic rings. The minimum Gasteiger partial charge on any atom is -0.375 e. The first-order valence-electron chi connectivity index (χ1n) is 5.99. The summed E-state index contributed by atoms with van der Waals surface area (Å²) in [5.74, 6) is 0.884. The van der Waals surface area contributed by atoms with E-state index in [1.54, 1.807) is 24.4 Å². The van der Waals surface area contributed by atoms with Crippen molar-refractivity contribution in [3.63, 3.8) is 0 Å². The quantitative estimate of drug-likeness (QED) is 0.771. The number of hydrogen-bond acceptors (Lipinski definition) is 4. The van der Waals surface area contributed by atoms with Crippen molar-refractivity contribution >= 4 is 21.6 Å². The average molecular weight is 295 g/mol.